The average molecular weight is 284 g/mol. The van der Waals surface area contributed by atoms with Crippen LogP contribution in [0.25, 0.3) is 32.9 Å². The van der Waals surface area contributed by atoms with Gasteiger partial charge in [0.05, 0.1) is 5.39 Å². The van der Waals surface area contributed by atoms with Gasteiger partial charge in [-0.15, -0.1) is 0 Å². The minimum absolute atomic E-state index is 0.186. The van der Waals surface area contributed by atoms with Gasteiger partial charge in [-0.2, -0.15) is 0 Å². The Hall–Kier alpha value is -3.15. The molecular formula is C15H8O6. The number of phenolic OH excluding ortho intramolecular Hbond substituents is 2. The molecule has 0 saturated heterocycles. The Balaban J connectivity index is 2.39. The fourth-order valence-corrected chi connectivity index (χ4v) is 2.51. The molecule has 2 aromatic carbocycles. The van der Waals surface area contributed by atoms with E-state index in [1.165, 1.54) is 30.3 Å². The van der Waals surface area contributed by atoms with Gasteiger partial charge in [-0.1, -0.05) is 0 Å². The Morgan fingerprint density at radius 2 is 1.38 bits per heavy atom. The number of phenols is 2. The SMILES string of the molecule is O=c1cc2oc(O)cc3c4cc(O)c(O)cc4oc(c1)c23. The van der Waals surface area contributed by atoms with Crippen molar-refractivity contribution >= 4 is 32.9 Å². The largest absolute Gasteiger partial charge is 0.504 e. The van der Waals surface area contributed by atoms with Gasteiger partial charge in [0.15, 0.2) is 16.9 Å². The van der Waals surface area contributed by atoms with Gasteiger partial charge in [0, 0.05) is 35.0 Å². The van der Waals surface area contributed by atoms with Crippen molar-refractivity contribution in [3.63, 3.8) is 0 Å². The summed E-state index contributed by atoms with van der Waals surface area (Å²) >= 11 is 0. The van der Waals surface area contributed by atoms with E-state index < -0.39 is 0 Å². The molecule has 0 atom stereocenters. The molecule has 0 bridgehead atoms. The number of rotatable bonds is 0. The zero-order valence-electron chi connectivity index (χ0n) is 10.5. The summed E-state index contributed by atoms with van der Waals surface area (Å²) < 4.78 is 10.7. The third-order valence-electron chi connectivity index (χ3n) is 3.38. The number of fused-ring (bicyclic) bond motifs is 2. The van der Waals surface area contributed by atoms with Crippen molar-refractivity contribution in [2.45, 2.75) is 0 Å². The molecule has 2 aromatic heterocycles. The first-order valence-corrected chi connectivity index (χ1v) is 6.08. The highest BCUT2D eigenvalue weighted by Crippen LogP contribution is 2.39. The summed E-state index contributed by atoms with van der Waals surface area (Å²) in [6.45, 7) is 0. The highest BCUT2D eigenvalue weighted by Gasteiger charge is 2.15. The highest BCUT2D eigenvalue weighted by atomic mass is 16.5. The maximum atomic E-state index is 11.6. The van der Waals surface area contributed by atoms with Gasteiger partial charge in [0.1, 0.15) is 16.7 Å². The van der Waals surface area contributed by atoms with Crippen LogP contribution in [0.15, 0.2) is 44.0 Å². The third-order valence-corrected chi connectivity index (χ3v) is 3.38. The second-order valence-corrected chi connectivity index (χ2v) is 4.73. The summed E-state index contributed by atoms with van der Waals surface area (Å²) in [5.41, 5.74) is 0.402. The van der Waals surface area contributed by atoms with E-state index in [-0.39, 0.29) is 39.6 Å². The quantitative estimate of drug-likeness (QED) is 0.260. The number of benzene rings is 2. The van der Waals surface area contributed by atoms with Gasteiger partial charge in [-0.3, -0.25) is 4.79 Å². The van der Waals surface area contributed by atoms with Crippen LogP contribution in [0.2, 0.25) is 0 Å². The maximum absolute atomic E-state index is 11.6. The topological polar surface area (TPSA) is 104 Å². The van der Waals surface area contributed by atoms with E-state index in [0.717, 1.165) is 0 Å². The first-order valence-electron chi connectivity index (χ1n) is 6.08. The van der Waals surface area contributed by atoms with Crippen LogP contribution in [0.3, 0.4) is 0 Å². The molecule has 0 spiro atoms. The Morgan fingerprint density at radius 1 is 0.714 bits per heavy atom. The molecule has 0 aliphatic rings. The highest BCUT2D eigenvalue weighted by molar-refractivity contribution is 6.16. The van der Waals surface area contributed by atoms with Gasteiger partial charge >= 0.3 is 0 Å². The molecule has 0 fully saturated rings. The van der Waals surface area contributed by atoms with Crippen molar-refractivity contribution in [3.05, 3.63) is 40.6 Å². The van der Waals surface area contributed by atoms with E-state index >= 15 is 0 Å². The molecule has 0 unspecified atom stereocenters. The van der Waals surface area contributed by atoms with Gasteiger partial charge < -0.3 is 24.2 Å². The van der Waals surface area contributed by atoms with Crippen LogP contribution in [0.1, 0.15) is 0 Å². The lowest BCUT2D eigenvalue weighted by atomic mass is 10.1. The van der Waals surface area contributed by atoms with Gasteiger partial charge in [0.25, 0.3) is 5.95 Å². The van der Waals surface area contributed by atoms with E-state index in [2.05, 4.69) is 0 Å². The molecule has 2 heterocycles. The smallest absolute Gasteiger partial charge is 0.282 e. The Labute approximate surface area is 116 Å². The molecule has 0 amide bonds. The molecule has 6 heteroatoms. The molecule has 104 valence electrons. The fourth-order valence-electron chi connectivity index (χ4n) is 2.51. The first-order chi connectivity index (χ1) is 10.0. The molecule has 4 aromatic rings. The van der Waals surface area contributed by atoms with E-state index in [1.54, 1.807) is 0 Å². The number of aromatic hydroxyl groups is 3. The molecule has 4 rings (SSSR count). The normalized spacial score (nSPS) is 11.6. The minimum atomic E-state index is -0.366. The van der Waals surface area contributed by atoms with Crippen molar-refractivity contribution < 1.29 is 24.2 Å². The summed E-state index contributed by atoms with van der Waals surface area (Å²) in [7, 11) is 0. The lowest BCUT2D eigenvalue weighted by molar-refractivity contribution is 0.341. The van der Waals surface area contributed by atoms with Crippen molar-refractivity contribution in [1.82, 2.24) is 0 Å². The van der Waals surface area contributed by atoms with Gasteiger partial charge in [-0.25, -0.2) is 0 Å². The molecule has 0 saturated carbocycles. The van der Waals surface area contributed by atoms with Crippen molar-refractivity contribution in [2.24, 2.45) is 0 Å². The summed E-state index contributed by atoms with van der Waals surface area (Å²) in [5.74, 6) is -1.01. The molecule has 0 radical (unpaired) electrons. The predicted octanol–water partition coefficient (Wildman–Crippen LogP) is 2.81. The molecule has 0 aliphatic heterocycles. The van der Waals surface area contributed by atoms with Crippen LogP contribution < -0.4 is 5.43 Å². The first kappa shape index (κ1) is 11.7. The Bertz CT molecular complexity index is 1090. The van der Waals surface area contributed by atoms with E-state index in [0.29, 0.717) is 16.2 Å². The van der Waals surface area contributed by atoms with Crippen LogP contribution in [0, 0.1) is 0 Å². The minimum Gasteiger partial charge on any atom is -0.504 e. The van der Waals surface area contributed by atoms with Crippen molar-refractivity contribution in [1.29, 1.82) is 0 Å². The van der Waals surface area contributed by atoms with Crippen molar-refractivity contribution in [2.75, 3.05) is 0 Å². The van der Waals surface area contributed by atoms with Crippen molar-refractivity contribution in [3.8, 4) is 17.4 Å². The fraction of sp³-hybridized carbons (Fsp3) is 0. The van der Waals surface area contributed by atoms with E-state index in [1.807, 2.05) is 0 Å². The standard InChI is InChI=1S/C15H8O6/c16-6-1-12-15-8(4-14(19)21-13(15)2-6)7-3-9(17)10(18)5-11(7)20-12/h1-5,17-19H. The summed E-state index contributed by atoms with van der Waals surface area (Å²) in [5, 5.41) is 30.4. The van der Waals surface area contributed by atoms with Gasteiger partial charge in [0.2, 0.25) is 0 Å². The van der Waals surface area contributed by atoms with Crippen LogP contribution in [0.4, 0.5) is 0 Å². The molecule has 3 N–H and O–H groups in total. The molecule has 6 nitrogen and oxygen atoms in total. The van der Waals surface area contributed by atoms with Gasteiger partial charge in [-0.05, 0) is 6.07 Å². The Morgan fingerprint density at radius 3 is 2.14 bits per heavy atom. The average Bonchev–Trinajstić information content (AvgIpc) is 2.40. The second-order valence-electron chi connectivity index (χ2n) is 4.73. The zero-order chi connectivity index (χ0) is 14.7. The lowest BCUT2D eigenvalue weighted by Crippen LogP contribution is -1.96. The zero-order valence-corrected chi connectivity index (χ0v) is 10.5. The number of hydrogen-bond donors (Lipinski definition) is 3. The Kier molecular flexibility index (Phi) is 2.05. The van der Waals surface area contributed by atoms with Crippen LogP contribution in [-0.4, -0.2) is 15.3 Å². The predicted molar refractivity (Wildman–Crippen MR) is 74.8 cm³/mol. The number of hydrogen-bond acceptors (Lipinski definition) is 6. The summed E-state index contributed by atoms with van der Waals surface area (Å²) in [6.07, 6.45) is 0. The third kappa shape index (κ3) is 1.56. The molecule has 0 aliphatic carbocycles. The van der Waals surface area contributed by atoms with E-state index in [9.17, 15) is 20.1 Å². The van der Waals surface area contributed by atoms with Crippen LogP contribution in [-0.2, 0) is 0 Å². The molecular weight excluding hydrogens is 276 g/mol. The monoisotopic (exact) mass is 284 g/mol. The van der Waals surface area contributed by atoms with Crippen LogP contribution >= 0.6 is 0 Å². The molecule has 21 heavy (non-hydrogen) atoms. The summed E-state index contributed by atoms with van der Waals surface area (Å²) in [6, 6.07) is 6.49. The van der Waals surface area contributed by atoms with Crippen LogP contribution in [0.5, 0.6) is 17.4 Å². The summed E-state index contributed by atoms with van der Waals surface area (Å²) in [4.78, 5) is 11.6. The van der Waals surface area contributed by atoms with E-state index in [4.69, 9.17) is 8.83 Å². The second kappa shape index (κ2) is 3.69. The lowest BCUT2D eigenvalue weighted by Gasteiger charge is -2.09. The maximum Gasteiger partial charge on any atom is 0.282 e.